The van der Waals surface area contributed by atoms with Crippen molar-refractivity contribution in [3.63, 3.8) is 0 Å². The average Bonchev–Trinajstić information content (AvgIpc) is 3.72. The van der Waals surface area contributed by atoms with Crippen molar-refractivity contribution in [2.45, 2.75) is 44.3 Å². The molecule has 0 radical (unpaired) electrons. The molecule has 0 saturated heterocycles. The normalized spacial score (nSPS) is 16.1. The lowest BCUT2D eigenvalue weighted by molar-refractivity contribution is 0.260. The molecule has 1 unspecified atom stereocenters. The lowest BCUT2D eigenvalue weighted by Crippen LogP contribution is -2.38. The van der Waals surface area contributed by atoms with E-state index in [-0.39, 0.29) is 12.1 Å². The lowest BCUT2D eigenvalue weighted by Gasteiger charge is -2.23. The molecule has 202 valence electrons. The number of hydrogen-bond donors (Lipinski definition) is 4. The molecule has 1 saturated carbocycles. The maximum Gasteiger partial charge on any atom is 0.212 e. The van der Waals surface area contributed by atoms with Crippen LogP contribution in [-0.2, 0) is 0 Å². The molecule has 10 heteroatoms. The minimum atomic E-state index is -0.544. The van der Waals surface area contributed by atoms with Gasteiger partial charge in [-0.05, 0) is 48.6 Å². The highest BCUT2D eigenvalue weighted by Crippen LogP contribution is 2.38. The van der Waals surface area contributed by atoms with E-state index in [1.165, 1.54) is 12.3 Å². The van der Waals surface area contributed by atoms with Gasteiger partial charge < -0.3 is 16.1 Å². The molecule has 8 nitrogen and oxygen atoms in total. The topological polar surface area (TPSA) is 101 Å². The molecule has 1 aliphatic carbocycles. The van der Waals surface area contributed by atoms with Gasteiger partial charge >= 0.3 is 0 Å². The average molecular weight is 555 g/mol. The van der Waals surface area contributed by atoms with Crippen LogP contribution >= 0.6 is 11.6 Å². The predicted octanol–water partition coefficient (Wildman–Crippen LogP) is 6.34. The van der Waals surface area contributed by atoms with Gasteiger partial charge in [0.25, 0.3) is 0 Å². The molecule has 40 heavy (non-hydrogen) atoms. The summed E-state index contributed by atoms with van der Waals surface area (Å²) in [6.45, 7) is 2.10. The van der Waals surface area contributed by atoms with Gasteiger partial charge in [-0.15, -0.1) is 5.53 Å². The highest BCUT2D eigenvalue weighted by atomic mass is 35.5. The van der Waals surface area contributed by atoms with Crippen molar-refractivity contribution in [3.05, 3.63) is 107 Å². The molecule has 2 aromatic heterocycles. The summed E-state index contributed by atoms with van der Waals surface area (Å²) in [5.41, 5.74) is 11.6. The third-order valence-electron chi connectivity index (χ3n) is 7.23. The van der Waals surface area contributed by atoms with E-state index in [0.717, 1.165) is 41.5 Å². The Bertz CT molecular complexity index is 1600. The zero-order valence-electron chi connectivity index (χ0n) is 21.8. The van der Waals surface area contributed by atoms with E-state index in [2.05, 4.69) is 56.7 Å². The van der Waals surface area contributed by atoms with Crippen LogP contribution in [0.3, 0.4) is 0 Å². The summed E-state index contributed by atoms with van der Waals surface area (Å²) < 4.78 is 13.7. The molecule has 2 aliphatic rings. The number of rotatable bonds is 9. The summed E-state index contributed by atoms with van der Waals surface area (Å²) in [5, 5.41) is 20.3. The standard InChI is InChI=1S/C30H28ClFN8/c1-2-25(18-6-4-3-5-7-18)37-28-20(14-33)16-35-30-23(28)12-21(13-24(30)31)36-29(19-8-11-27(32)34-15-19)26-17-40(39-38-26)22-9-10-22/h3-8,11-13,15-17,22,25,29,36,38-39H,2,9-10H2,1H3,(H,35,37)/t25-,29?/m1/s1. The molecule has 0 amide bonds. The number of nitrogens with zero attached hydrogens (tertiary/aromatic N) is 4. The summed E-state index contributed by atoms with van der Waals surface area (Å²) in [7, 11) is 0. The molecule has 4 N–H and O–H groups in total. The number of benzene rings is 2. The highest BCUT2D eigenvalue weighted by Gasteiger charge is 2.32. The van der Waals surface area contributed by atoms with E-state index >= 15 is 0 Å². The van der Waals surface area contributed by atoms with Crippen LogP contribution in [0.5, 0.6) is 0 Å². The molecule has 6 rings (SSSR count). The number of pyridine rings is 2. The number of fused-ring (bicyclic) bond motifs is 1. The van der Waals surface area contributed by atoms with Gasteiger partial charge in [-0.2, -0.15) is 9.65 Å². The first kappa shape index (κ1) is 25.9. The summed E-state index contributed by atoms with van der Waals surface area (Å²) in [5.74, 6) is -0.544. The molecular weight excluding hydrogens is 527 g/mol. The maximum atomic E-state index is 13.7. The van der Waals surface area contributed by atoms with Crippen molar-refractivity contribution in [1.29, 1.82) is 5.26 Å². The van der Waals surface area contributed by atoms with Crippen molar-refractivity contribution in [1.82, 2.24) is 25.9 Å². The van der Waals surface area contributed by atoms with Gasteiger partial charge in [-0.25, -0.2) is 4.98 Å². The van der Waals surface area contributed by atoms with Crippen molar-refractivity contribution in [3.8, 4) is 6.07 Å². The summed E-state index contributed by atoms with van der Waals surface area (Å²) in [6.07, 6.45) is 8.16. The Morgan fingerprint density at radius 2 is 1.93 bits per heavy atom. The number of nitriles is 1. The lowest BCUT2D eigenvalue weighted by atomic mass is 10.0. The van der Waals surface area contributed by atoms with E-state index in [0.29, 0.717) is 33.5 Å². The predicted molar refractivity (Wildman–Crippen MR) is 154 cm³/mol. The molecule has 4 aromatic rings. The SMILES string of the molecule is CC[C@@H](Nc1c(C#N)cnc2c(Cl)cc(NC(C3=CN(C4CC4)NN3)c3ccc(F)nc3)cc12)c1ccccc1. The summed E-state index contributed by atoms with van der Waals surface area (Å²) in [6, 6.07) is 19.3. The summed E-state index contributed by atoms with van der Waals surface area (Å²) >= 11 is 6.77. The molecule has 1 aliphatic heterocycles. The second-order valence-electron chi connectivity index (χ2n) is 9.98. The second-order valence-corrected chi connectivity index (χ2v) is 10.4. The van der Waals surface area contributed by atoms with Crippen LogP contribution in [0.4, 0.5) is 15.8 Å². The Hall–Kier alpha value is -4.39. The number of anilines is 2. The highest BCUT2D eigenvalue weighted by molar-refractivity contribution is 6.35. The fourth-order valence-electron chi connectivity index (χ4n) is 4.97. The van der Waals surface area contributed by atoms with Crippen molar-refractivity contribution < 1.29 is 4.39 Å². The van der Waals surface area contributed by atoms with Crippen LogP contribution in [0.25, 0.3) is 10.9 Å². The van der Waals surface area contributed by atoms with Gasteiger partial charge in [0.1, 0.15) is 6.07 Å². The number of aromatic nitrogens is 2. The molecule has 2 atom stereocenters. The Kier molecular flexibility index (Phi) is 7.11. The molecule has 0 spiro atoms. The van der Waals surface area contributed by atoms with Gasteiger partial charge in [-0.1, -0.05) is 54.9 Å². The second kappa shape index (κ2) is 11.0. The van der Waals surface area contributed by atoms with Crippen LogP contribution in [0, 0.1) is 17.3 Å². The Morgan fingerprint density at radius 3 is 2.62 bits per heavy atom. The van der Waals surface area contributed by atoms with E-state index in [4.69, 9.17) is 11.6 Å². The fourth-order valence-corrected chi connectivity index (χ4v) is 5.24. The van der Waals surface area contributed by atoms with Crippen molar-refractivity contribution in [2.75, 3.05) is 10.6 Å². The first-order valence-corrected chi connectivity index (χ1v) is 13.7. The van der Waals surface area contributed by atoms with Gasteiger partial charge in [0.2, 0.25) is 5.95 Å². The Morgan fingerprint density at radius 1 is 1.10 bits per heavy atom. The van der Waals surface area contributed by atoms with Crippen molar-refractivity contribution >= 4 is 33.9 Å². The molecule has 1 fully saturated rings. The van der Waals surface area contributed by atoms with Crippen LogP contribution in [0.1, 0.15) is 55.0 Å². The van der Waals surface area contributed by atoms with Gasteiger partial charge in [0, 0.05) is 35.7 Å². The van der Waals surface area contributed by atoms with E-state index in [1.54, 1.807) is 12.3 Å². The third kappa shape index (κ3) is 5.24. The van der Waals surface area contributed by atoms with Gasteiger partial charge in [0.15, 0.2) is 0 Å². The monoisotopic (exact) mass is 554 g/mol. The van der Waals surface area contributed by atoms with E-state index < -0.39 is 5.95 Å². The Labute approximate surface area is 236 Å². The minimum Gasteiger partial charge on any atom is -0.377 e. The number of nitrogens with one attached hydrogen (secondary N) is 4. The van der Waals surface area contributed by atoms with E-state index in [1.807, 2.05) is 41.5 Å². The Balaban J connectivity index is 1.41. The first-order chi connectivity index (χ1) is 19.5. The molecule has 3 heterocycles. The third-order valence-corrected chi connectivity index (χ3v) is 7.52. The minimum absolute atomic E-state index is 0.0142. The zero-order valence-corrected chi connectivity index (χ0v) is 22.6. The first-order valence-electron chi connectivity index (χ1n) is 13.3. The van der Waals surface area contributed by atoms with Crippen LogP contribution in [0.2, 0.25) is 5.02 Å². The van der Waals surface area contributed by atoms with Gasteiger partial charge in [0.05, 0.1) is 39.6 Å². The van der Waals surface area contributed by atoms with Crippen LogP contribution in [-0.4, -0.2) is 21.0 Å². The quantitative estimate of drug-likeness (QED) is 0.178. The number of hydrogen-bond acceptors (Lipinski definition) is 8. The van der Waals surface area contributed by atoms with E-state index in [9.17, 15) is 9.65 Å². The smallest absolute Gasteiger partial charge is 0.212 e. The van der Waals surface area contributed by atoms with Crippen LogP contribution < -0.4 is 21.6 Å². The number of halogens is 2. The number of hydrazine groups is 2. The molecule has 0 bridgehead atoms. The molecule has 2 aromatic carbocycles. The fraction of sp³-hybridized carbons (Fsp3) is 0.233. The zero-order chi connectivity index (χ0) is 27.6. The molecular formula is C30H28ClFN8. The van der Waals surface area contributed by atoms with Crippen molar-refractivity contribution in [2.24, 2.45) is 0 Å². The maximum absolute atomic E-state index is 13.7. The largest absolute Gasteiger partial charge is 0.377 e. The van der Waals surface area contributed by atoms with Gasteiger partial charge in [-0.3, -0.25) is 9.99 Å². The van der Waals surface area contributed by atoms with Crippen LogP contribution in [0.15, 0.2) is 78.9 Å². The summed E-state index contributed by atoms with van der Waals surface area (Å²) in [4.78, 5) is 8.38.